The molecule has 8 heteroatoms. The molecule has 0 saturated heterocycles. The van der Waals surface area contributed by atoms with Gasteiger partial charge in [-0.3, -0.25) is 9.59 Å². The van der Waals surface area contributed by atoms with Crippen LogP contribution in [0.25, 0.3) is 0 Å². The highest BCUT2D eigenvalue weighted by molar-refractivity contribution is 7.80. The van der Waals surface area contributed by atoms with Gasteiger partial charge in [0.2, 0.25) is 11.8 Å². The first kappa shape index (κ1) is 26.8. The first-order valence-electron chi connectivity index (χ1n) is 10.5. The molecule has 1 aromatic carbocycles. The normalized spacial score (nSPS) is 13.7. The Morgan fingerprint density at radius 3 is 2.13 bits per heavy atom. The molecule has 0 radical (unpaired) electrons. The number of rotatable bonds is 7. The van der Waals surface area contributed by atoms with Crippen LogP contribution in [-0.4, -0.2) is 52.3 Å². The predicted molar refractivity (Wildman–Crippen MR) is 126 cm³/mol. The van der Waals surface area contributed by atoms with Gasteiger partial charge in [-0.25, -0.2) is 4.79 Å². The molecule has 7 nitrogen and oxygen atoms in total. The molecule has 0 heterocycles. The summed E-state index contributed by atoms with van der Waals surface area (Å²) in [5.41, 5.74) is 0.452. The lowest BCUT2D eigenvalue weighted by Gasteiger charge is -2.35. The second-order valence-corrected chi connectivity index (χ2v) is 9.87. The van der Waals surface area contributed by atoms with Crippen molar-refractivity contribution in [1.29, 1.82) is 0 Å². The first-order chi connectivity index (χ1) is 14.2. The van der Waals surface area contributed by atoms with Crippen molar-refractivity contribution < 1.29 is 19.1 Å². The van der Waals surface area contributed by atoms with Crippen molar-refractivity contribution in [3.8, 4) is 0 Å². The number of thiol groups is 1. The molecule has 31 heavy (non-hydrogen) atoms. The molecule has 0 saturated carbocycles. The monoisotopic (exact) mass is 451 g/mol. The SMILES string of the molecule is CCN(C(=O)C(CS)NC(=O)OC(C)(C)C)C(C(=O)NC(C)(C)C)c1ccccc1C. The van der Waals surface area contributed by atoms with E-state index in [-0.39, 0.29) is 18.2 Å². The minimum atomic E-state index is -0.938. The molecule has 0 aliphatic rings. The summed E-state index contributed by atoms with van der Waals surface area (Å²) in [6, 6.07) is 5.69. The summed E-state index contributed by atoms with van der Waals surface area (Å²) in [6.45, 7) is 14.9. The van der Waals surface area contributed by atoms with E-state index in [0.29, 0.717) is 0 Å². The average Bonchev–Trinajstić information content (AvgIpc) is 2.61. The Kier molecular flexibility index (Phi) is 9.42. The Morgan fingerprint density at radius 2 is 1.68 bits per heavy atom. The summed E-state index contributed by atoms with van der Waals surface area (Å²) in [5, 5.41) is 5.56. The first-order valence-corrected chi connectivity index (χ1v) is 11.1. The second kappa shape index (κ2) is 10.9. The van der Waals surface area contributed by atoms with Gasteiger partial charge in [-0.15, -0.1) is 0 Å². The second-order valence-electron chi connectivity index (χ2n) is 9.50. The molecule has 1 rings (SSSR count). The van der Waals surface area contributed by atoms with Crippen LogP contribution in [0.15, 0.2) is 24.3 Å². The van der Waals surface area contributed by atoms with Gasteiger partial charge in [-0.2, -0.15) is 12.6 Å². The Labute approximate surface area is 191 Å². The van der Waals surface area contributed by atoms with Gasteiger partial charge in [0.05, 0.1) is 0 Å². The summed E-state index contributed by atoms with van der Waals surface area (Å²) in [4.78, 5) is 40.4. The van der Waals surface area contributed by atoms with E-state index in [2.05, 4.69) is 23.3 Å². The van der Waals surface area contributed by atoms with Crippen LogP contribution >= 0.6 is 12.6 Å². The summed E-state index contributed by atoms with van der Waals surface area (Å²) < 4.78 is 5.28. The topological polar surface area (TPSA) is 87.7 Å². The molecule has 3 amide bonds. The Balaban J connectivity index is 3.30. The Morgan fingerprint density at radius 1 is 1.10 bits per heavy atom. The van der Waals surface area contributed by atoms with E-state index in [1.54, 1.807) is 27.7 Å². The van der Waals surface area contributed by atoms with Gasteiger partial charge in [-0.1, -0.05) is 24.3 Å². The Hall–Kier alpha value is -2.22. The maximum atomic E-state index is 13.4. The van der Waals surface area contributed by atoms with Crippen LogP contribution in [0.2, 0.25) is 0 Å². The number of carbonyl (C=O) groups excluding carboxylic acids is 3. The van der Waals surface area contributed by atoms with E-state index in [9.17, 15) is 14.4 Å². The number of nitrogens with zero attached hydrogens (tertiary/aromatic N) is 1. The van der Waals surface area contributed by atoms with Gasteiger partial charge in [0.25, 0.3) is 0 Å². The molecule has 2 unspecified atom stereocenters. The number of aryl methyl sites for hydroxylation is 1. The molecule has 0 bridgehead atoms. The summed E-state index contributed by atoms with van der Waals surface area (Å²) in [7, 11) is 0. The molecule has 0 aliphatic carbocycles. The van der Waals surface area contributed by atoms with E-state index >= 15 is 0 Å². The van der Waals surface area contributed by atoms with Crippen LogP contribution in [0.3, 0.4) is 0 Å². The molecule has 0 fully saturated rings. The molecule has 2 atom stereocenters. The standard InChI is InChI=1S/C23H37N3O4S/c1-9-26(20(28)17(14-31)24-21(29)30-23(6,7)8)18(19(27)25-22(3,4)5)16-13-11-10-12-15(16)2/h10-13,17-18,31H,9,14H2,1-8H3,(H,24,29)(H,25,27). The van der Waals surface area contributed by atoms with Crippen LogP contribution < -0.4 is 10.6 Å². The molecule has 0 aliphatic heterocycles. The van der Waals surface area contributed by atoms with Crippen LogP contribution in [-0.2, 0) is 14.3 Å². The predicted octanol–water partition coefficient (Wildman–Crippen LogP) is 3.62. The van der Waals surface area contributed by atoms with Crippen molar-refractivity contribution in [2.45, 2.75) is 78.6 Å². The fourth-order valence-electron chi connectivity index (χ4n) is 3.08. The van der Waals surface area contributed by atoms with Crippen molar-refractivity contribution in [2.24, 2.45) is 0 Å². The van der Waals surface area contributed by atoms with Crippen molar-refractivity contribution in [3.63, 3.8) is 0 Å². The van der Waals surface area contributed by atoms with Gasteiger partial charge < -0.3 is 20.3 Å². The fraction of sp³-hybridized carbons (Fsp3) is 0.609. The van der Waals surface area contributed by atoms with E-state index in [0.717, 1.165) is 11.1 Å². The van der Waals surface area contributed by atoms with Crippen molar-refractivity contribution in [1.82, 2.24) is 15.5 Å². The highest BCUT2D eigenvalue weighted by Crippen LogP contribution is 2.26. The van der Waals surface area contributed by atoms with E-state index in [1.807, 2.05) is 52.0 Å². The molecular weight excluding hydrogens is 414 g/mol. The number of carbonyl (C=O) groups is 3. The molecule has 0 spiro atoms. The van der Waals surface area contributed by atoms with Crippen molar-refractivity contribution in [2.75, 3.05) is 12.3 Å². The maximum Gasteiger partial charge on any atom is 0.408 e. The van der Waals surface area contributed by atoms with Crippen LogP contribution in [0.5, 0.6) is 0 Å². The maximum absolute atomic E-state index is 13.4. The molecule has 2 N–H and O–H groups in total. The van der Waals surface area contributed by atoms with Crippen molar-refractivity contribution >= 4 is 30.5 Å². The lowest BCUT2D eigenvalue weighted by atomic mass is 9.97. The van der Waals surface area contributed by atoms with Gasteiger partial charge in [0.1, 0.15) is 17.7 Å². The van der Waals surface area contributed by atoms with Gasteiger partial charge in [-0.05, 0) is 66.5 Å². The number of nitrogens with one attached hydrogen (secondary N) is 2. The molecule has 1 aromatic rings. The van der Waals surface area contributed by atoms with E-state index in [1.165, 1.54) is 4.90 Å². The zero-order valence-electron chi connectivity index (χ0n) is 19.9. The Bertz CT molecular complexity index is 784. The minimum absolute atomic E-state index is 0.0654. The lowest BCUT2D eigenvalue weighted by Crippen LogP contribution is -2.55. The zero-order chi connectivity index (χ0) is 24.0. The number of hydrogen-bond acceptors (Lipinski definition) is 5. The number of hydrogen-bond donors (Lipinski definition) is 3. The van der Waals surface area contributed by atoms with Crippen molar-refractivity contribution in [3.05, 3.63) is 35.4 Å². The molecule has 174 valence electrons. The fourth-order valence-corrected chi connectivity index (χ4v) is 3.33. The molecule has 0 aromatic heterocycles. The average molecular weight is 452 g/mol. The van der Waals surface area contributed by atoms with Gasteiger partial charge >= 0.3 is 6.09 Å². The third kappa shape index (κ3) is 8.44. The van der Waals surface area contributed by atoms with Crippen LogP contribution in [0.1, 0.15) is 65.6 Å². The number of amides is 3. The van der Waals surface area contributed by atoms with Crippen LogP contribution in [0.4, 0.5) is 4.79 Å². The highest BCUT2D eigenvalue weighted by atomic mass is 32.1. The smallest absolute Gasteiger partial charge is 0.408 e. The van der Waals surface area contributed by atoms with Gasteiger partial charge in [0, 0.05) is 17.8 Å². The number of alkyl carbamates (subject to hydrolysis) is 1. The van der Waals surface area contributed by atoms with E-state index in [4.69, 9.17) is 4.74 Å². The zero-order valence-corrected chi connectivity index (χ0v) is 20.8. The number of likely N-dealkylation sites (N-methyl/N-ethyl adjacent to an activating group) is 1. The minimum Gasteiger partial charge on any atom is -0.444 e. The lowest BCUT2D eigenvalue weighted by molar-refractivity contribution is -0.142. The molecular formula is C23H37N3O4S. The quantitative estimate of drug-likeness (QED) is 0.553. The van der Waals surface area contributed by atoms with Gasteiger partial charge in [0.15, 0.2) is 0 Å². The third-order valence-corrected chi connectivity index (χ3v) is 4.70. The largest absolute Gasteiger partial charge is 0.444 e. The number of ether oxygens (including phenoxy) is 1. The highest BCUT2D eigenvalue weighted by Gasteiger charge is 2.36. The number of benzene rings is 1. The summed E-state index contributed by atoms with van der Waals surface area (Å²) in [5.74, 6) is -0.622. The summed E-state index contributed by atoms with van der Waals surface area (Å²) in [6.07, 6.45) is -0.706. The summed E-state index contributed by atoms with van der Waals surface area (Å²) >= 11 is 4.25. The van der Waals surface area contributed by atoms with Crippen LogP contribution in [0, 0.1) is 6.92 Å². The van der Waals surface area contributed by atoms with E-state index < -0.39 is 35.2 Å². The third-order valence-electron chi connectivity index (χ3n) is 4.34.